The number of hydrogen-bond donors (Lipinski definition) is 1. The summed E-state index contributed by atoms with van der Waals surface area (Å²) in [6, 6.07) is 7.04. The lowest BCUT2D eigenvalue weighted by Crippen LogP contribution is -2.43. The summed E-state index contributed by atoms with van der Waals surface area (Å²) in [5.41, 5.74) is 11.1. The van der Waals surface area contributed by atoms with E-state index in [-0.39, 0.29) is 11.0 Å². The molecule has 0 aromatic heterocycles. The molecular weight excluding hydrogens is 194 g/mol. The average molecular weight is 215 g/mol. The molecule has 2 N–H and O–H groups in total. The van der Waals surface area contributed by atoms with Gasteiger partial charge in [0, 0.05) is 11.0 Å². The molecule has 2 aliphatic rings. The van der Waals surface area contributed by atoms with Crippen molar-refractivity contribution in [3.63, 3.8) is 0 Å². The van der Waals surface area contributed by atoms with Crippen molar-refractivity contribution in [3.05, 3.63) is 34.9 Å². The molecule has 1 nitrogen and oxygen atoms in total. The van der Waals surface area contributed by atoms with Crippen LogP contribution in [0.3, 0.4) is 0 Å². The van der Waals surface area contributed by atoms with Gasteiger partial charge in [0.2, 0.25) is 0 Å². The van der Waals surface area contributed by atoms with Gasteiger partial charge in [0.05, 0.1) is 0 Å². The third-order valence-corrected chi connectivity index (χ3v) is 4.85. The molecule has 2 aliphatic carbocycles. The molecule has 1 heteroatoms. The van der Waals surface area contributed by atoms with Gasteiger partial charge in [-0.15, -0.1) is 0 Å². The van der Waals surface area contributed by atoms with Gasteiger partial charge >= 0.3 is 0 Å². The molecule has 0 saturated heterocycles. The number of benzene rings is 1. The maximum Gasteiger partial charge on any atom is 0.0248 e. The minimum Gasteiger partial charge on any atom is -0.324 e. The lowest BCUT2D eigenvalue weighted by Gasteiger charge is -2.33. The van der Waals surface area contributed by atoms with Gasteiger partial charge in [0.25, 0.3) is 0 Å². The molecule has 0 spiro atoms. The quantitative estimate of drug-likeness (QED) is 0.806. The van der Waals surface area contributed by atoms with Crippen LogP contribution >= 0.6 is 0 Å². The molecule has 0 amide bonds. The minimum absolute atomic E-state index is 0.0554. The molecule has 1 saturated carbocycles. The van der Waals surface area contributed by atoms with Gasteiger partial charge in [-0.1, -0.05) is 32.0 Å². The molecule has 16 heavy (non-hydrogen) atoms. The Morgan fingerprint density at radius 2 is 1.81 bits per heavy atom. The maximum absolute atomic E-state index is 6.40. The van der Waals surface area contributed by atoms with Crippen LogP contribution in [0.25, 0.3) is 0 Å². The zero-order chi connectivity index (χ0) is 11.4. The predicted molar refractivity (Wildman–Crippen MR) is 67.6 cm³/mol. The highest BCUT2D eigenvalue weighted by atomic mass is 14.9. The molecule has 3 rings (SSSR count). The Morgan fingerprint density at radius 1 is 1.12 bits per heavy atom. The van der Waals surface area contributed by atoms with Crippen LogP contribution in [0.2, 0.25) is 0 Å². The van der Waals surface area contributed by atoms with Crippen molar-refractivity contribution in [1.82, 2.24) is 0 Å². The van der Waals surface area contributed by atoms with Crippen LogP contribution in [0, 0.1) is 0 Å². The summed E-state index contributed by atoms with van der Waals surface area (Å²) in [5.74, 6) is 0. The Balaban J connectivity index is 2.01. The molecule has 0 radical (unpaired) electrons. The summed E-state index contributed by atoms with van der Waals surface area (Å²) in [5, 5.41) is 0. The lowest BCUT2D eigenvalue weighted by atomic mass is 9.75. The Kier molecular flexibility index (Phi) is 2.00. The highest BCUT2D eigenvalue weighted by Gasteiger charge is 2.51. The molecular formula is C15H21N. The first-order valence-electron chi connectivity index (χ1n) is 6.44. The van der Waals surface area contributed by atoms with E-state index in [2.05, 4.69) is 32.0 Å². The fourth-order valence-electron chi connectivity index (χ4n) is 3.01. The maximum atomic E-state index is 6.40. The molecule has 0 heterocycles. The van der Waals surface area contributed by atoms with Gasteiger partial charge in [-0.05, 0) is 48.8 Å². The SMILES string of the molecule is CC(C)(c1ccc2c(c1)CCC2)C1(N)CC1. The third kappa shape index (κ3) is 1.34. The van der Waals surface area contributed by atoms with E-state index in [1.54, 1.807) is 11.1 Å². The number of aryl methyl sites for hydroxylation is 2. The Hall–Kier alpha value is -0.820. The van der Waals surface area contributed by atoms with Crippen LogP contribution in [0.5, 0.6) is 0 Å². The van der Waals surface area contributed by atoms with Gasteiger partial charge < -0.3 is 5.73 Å². The van der Waals surface area contributed by atoms with Gasteiger partial charge in [-0.2, -0.15) is 0 Å². The molecule has 1 fully saturated rings. The van der Waals surface area contributed by atoms with Crippen LogP contribution < -0.4 is 5.73 Å². The van der Waals surface area contributed by atoms with Gasteiger partial charge in [0.1, 0.15) is 0 Å². The summed E-state index contributed by atoms with van der Waals surface area (Å²) in [7, 11) is 0. The third-order valence-electron chi connectivity index (χ3n) is 4.85. The standard InChI is InChI=1S/C15H21N/c1-14(2,15(16)8-9-15)13-7-6-11-4-3-5-12(11)10-13/h6-7,10H,3-5,8-9,16H2,1-2H3. The second-order valence-electron chi connectivity index (χ2n) is 6.12. The minimum atomic E-state index is 0.0554. The van der Waals surface area contributed by atoms with Crippen molar-refractivity contribution in [2.24, 2.45) is 5.73 Å². The van der Waals surface area contributed by atoms with E-state index in [0.29, 0.717) is 0 Å². The summed E-state index contributed by atoms with van der Waals surface area (Å²) in [6.45, 7) is 4.60. The molecule has 86 valence electrons. The number of fused-ring (bicyclic) bond motifs is 1. The fraction of sp³-hybridized carbons (Fsp3) is 0.600. The van der Waals surface area contributed by atoms with E-state index in [0.717, 1.165) is 0 Å². The second kappa shape index (κ2) is 3.10. The first-order valence-corrected chi connectivity index (χ1v) is 6.44. The largest absolute Gasteiger partial charge is 0.324 e. The van der Waals surface area contributed by atoms with Crippen molar-refractivity contribution in [2.75, 3.05) is 0 Å². The highest BCUT2D eigenvalue weighted by molar-refractivity contribution is 5.41. The van der Waals surface area contributed by atoms with E-state index >= 15 is 0 Å². The van der Waals surface area contributed by atoms with E-state index in [4.69, 9.17) is 5.73 Å². The van der Waals surface area contributed by atoms with E-state index in [9.17, 15) is 0 Å². The molecule has 1 aromatic carbocycles. The summed E-state index contributed by atoms with van der Waals surface area (Å²) in [4.78, 5) is 0. The predicted octanol–water partition coefficient (Wildman–Crippen LogP) is 2.94. The van der Waals surface area contributed by atoms with Crippen LogP contribution in [0.15, 0.2) is 18.2 Å². The smallest absolute Gasteiger partial charge is 0.0248 e. The molecule has 0 atom stereocenters. The van der Waals surface area contributed by atoms with Crippen LogP contribution in [0.4, 0.5) is 0 Å². The number of hydrogen-bond acceptors (Lipinski definition) is 1. The summed E-state index contributed by atoms with van der Waals surface area (Å²) >= 11 is 0. The van der Waals surface area contributed by atoms with E-state index in [1.807, 2.05) is 0 Å². The van der Waals surface area contributed by atoms with E-state index < -0.39 is 0 Å². The zero-order valence-electron chi connectivity index (χ0n) is 10.3. The average Bonchev–Trinajstić information content (AvgIpc) is 2.86. The lowest BCUT2D eigenvalue weighted by molar-refractivity contribution is 0.391. The Bertz CT molecular complexity index is 427. The van der Waals surface area contributed by atoms with Crippen molar-refractivity contribution in [1.29, 1.82) is 0 Å². The van der Waals surface area contributed by atoms with Crippen LogP contribution in [-0.4, -0.2) is 5.54 Å². The first kappa shape index (κ1) is 10.3. The highest BCUT2D eigenvalue weighted by Crippen LogP contribution is 2.49. The van der Waals surface area contributed by atoms with Crippen LogP contribution in [-0.2, 0) is 18.3 Å². The van der Waals surface area contributed by atoms with Gasteiger partial charge in [-0.25, -0.2) is 0 Å². The van der Waals surface area contributed by atoms with E-state index in [1.165, 1.54) is 37.7 Å². The summed E-state index contributed by atoms with van der Waals surface area (Å²) in [6.07, 6.45) is 6.21. The van der Waals surface area contributed by atoms with Gasteiger partial charge in [0.15, 0.2) is 0 Å². The molecule has 0 unspecified atom stereocenters. The number of rotatable bonds is 2. The molecule has 1 aromatic rings. The van der Waals surface area contributed by atoms with Crippen molar-refractivity contribution in [2.45, 2.75) is 56.9 Å². The fourth-order valence-corrected chi connectivity index (χ4v) is 3.01. The van der Waals surface area contributed by atoms with Crippen LogP contribution in [0.1, 0.15) is 49.8 Å². The van der Waals surface area contributed by atoms with Gasteiger partial charge in [-0.3, -0.25) is 0 Å². The first-order chi connectivity index (χ1) is 7.53. The zero-order valence-corrected chi connectivity index (χ0v) is 10.3. The van der Waals surface area contributed by atoms with Crippen molar-refractivity contribution >= 4 is 0 Å². The Labute approximate surface area is 98.0 Å². The normalized spacial score (nSPS) is 21.9. The molecule has 0 bridgehead atoms. The summed E-state index contributed by atoms with van der Waals surface area (Å²) < 4.78 is 0. The second-order valence-corrected chi connectivity index (χ2v) is 6.12. The van der Waals surface area contributed by atoms with Crippen molar-refractivity contribution in [3.8, 4) is 0 Å². The number of nitrogens with two attached hydrogens (primary N) is 1. The molecule has 0 aliphatic heterocycles. The van der Waals surface area contributed by atoms with Crippen molar-refractivity contribution < 1.29 is 0 Å². The monoisotopic (exact) mass is 215 g/mol. The Morgan fingerprint density at radius 3 is 2.50 bits per heavy atom. The topological polar surface area (TPSA) is 26.0 Å².